The van der Waals surface area contributed by atoms with Gasteiger partial charge in [-0.3, -0.25) is 4.79 Å². The number of aromatic nitrogens is 2. The minimum atomic E-state index is -0.0124. The maximum Gasteiger partial charge on any atom is 0.220 e. The van der Waals surface area contributed by atoms with Crippen molar-refractivity contribution in [3.63, 3.8) is 0 Å². The largest absolute Gasteiger partial charge is 0.487 e. The van der Waals surface area contributed by atoms with Crippen LogP contribution >= 0.6 is 0 Å². The average Bonchev–Trinajstić information content (AvgIpc) is 2.97. The Morgan fingerprint density at radius 2 is 2.18 bits per heavy atom. The molecule has 0 saturated carbocycles. The smallest absolute Gasteiger partial charge is 0.220 e. The lowest BCUT2D eigenvalue weighted by Crippen LogP contribution is -2.34. The predicted molar refractivity (Wildman–Crippen MR) is 83.5 cm³/mol. The van der Waals surface area contributed by atoms with Gasteiger partial charge in [0, 0.05) is 36.4 Å². The van der Waals surface area contributed by atoms with Gasteiger partial charge < -0.3 is 10.1 Å². The van der Waals surface area contributed by atoms with Crippen molar-refractivity contribution < 1.29 is 9.53 Å². The Kier molecular flexibility index (Phi) is 4.32. The van der Waals surface area contributed by atoms with Gasteiger partial charge in [-0.1, -0.05) is 25.1 Å². The molecule has 0 saturated heterocycles. The molecule has 0 bridgehead atoms. The number of nitrogens with one attached hydrogen (secondary N) is 1. The van der Waals surface area contributed by atoms with Crippen molar-refractivity contribution in [1.82, 2.24) is 15.3 Å². The molecule has 0 fully saturated rings. The summed E-state index contributed by atoms with van der Waals surface area (Å²) < 4.78 is 6.05. The molecule has 0 unspecified atom stereocenters. The van der Waals surface area contributed by atoms with Gasteiger partial charge in [-0.2, -0.15) is 0 Å². The average molecular weight is 297 g/mol. The highest BCUT2D eigenvalue weighted by Crippen LogP contribution is 2.38. The summed E-state index contributed by atoms with van der Waals surface area (Å²) >= 11 is 0. The Hall–Kier alpha value is -2.43. The molecule has 22 heavy (non-hydrogen) atoms. The molecule has 2 aromatic rings. The molecule has 1 aromatic carbocycles. The molecule has 1 aromatic heterocycles. The highest BCUT2D eigenvalue weighted by molar-refractivity contribution is 5.76. The van der Waals surface area contributed by atoms with Crippen LogP contribution in [-0.4, -0.2) is 28.5 Å². The van der Waals surface area contributed by atoms with E-state index in [1.165, 1.54) is 6.33 Å². The van der Waals surface area contributed by atoms with Crippen LogP contribution in [0.3, 0.4) is 0 Å². The van der Waals surface area contributed by atoms with E-state index < -0.39 is 0 Å². The molecule has 1 aliphatic rings. The van der Waals surface area contributed by atoms with Gasteiger partial charge in [0.25, 0.3) is 0 Å². The Bertz CT molecular complexity index is 658. The van der Waals surface area contributed by atoms with Gasteiger partial charge in [0.15, 0.2) is 0 Å². The van der Waals surface area contributed by atoms with Gasteiger partial charge in [0.1, 0.15) is 18.2 Å². The molecule has 0 spiro atoms. The lowest BCUT2D eigenvalue weighted by molar-refractivity contribution is -0.121. The quantitative estimate of drug-likeness (QED) is 0.920. The zero-order valence-corrected chi connectivity index (χ0v) is 12.6. The first-order chi connectivity index (χ1) is 10.8. The van der Waals surface area contributed by atoms with E-state index >= 15 is 0 Å². The minimum absolute atomic E-state index is 0.0124. The van der Waals surface area contributed by atoms with Gasteiger partial charge in [-0.15, -0.1) is 0 Å². The molecule has 1 amide bonds. The molecule has 0 radical (unpaired) electrons. The number of hydrogen-bond donors (Lipinski definition) is 1. The van der Waals surface area contributed by atoms with Gasteiger partial charge in [-0.25, -0.2) is 9.97 Å². The Morgan fingerprint density at radius 1 is 1.36 bits per heavy atom. The highest BCUT2D eigenvalue weighted by atomic mass is 16.5. The normalized spacial score (nSPS) is 16.0. The van der Waals surface area contributed by atoms with Crippen molar-refractivity contribution in [3.8, 4) is 16.9 Å². The molecule has 1 N–H and O–H groups in total. The van der Waals surface area contributed by atoms with Crippen LogP contribution in [0, 0.1) is 0 Å². The third-order valence-electron chi connectivity index (χ3n) is 3.70. The maximum absolute atomic E-state index is 11.6. The zero-order valence-electron chi connectivity index (χ0n) is 12.6. The van der Waals surface area contributed by atoms with Crippen molar-refractivity contribution in [2.75, 3.05) is 6.54 Å². The van der Waals surface area contributed by atoms with Crippen molar-refractivity contribution in [2.24, 2.45) is 0 Å². The van der Waals surface area contributed by atoms with Gasteiger partial charge in [0.05, 0.1) is 6.54 Å². The van der Waals surface area contributed by atoms with Crippen LogP contribution in [0.2, 0.25) is 0 Å². The van der Waals surface area contributed by atoms with Crippen LogP contribution in [-0.2, 0) is 11.2 Å². The molecule has 5 nitrogen and oxygen atoms in total. The van der Waals surface area contributed by atoms with E-state index in [-0.39, 0.29) is 12.0 Å². The second-order valence-corrected chi connectivity index (χ2v) is 5.42. The maximum atomic E-state index is 11.6. The summed E-state index contributed by atoms with van der Waals surface area (Å²) in [6, 6.07) is 6.09. The number of benzene rings is 1. The van der Waals surface area contributed by atoms with Crippen LogP contribution in [0.15, 0.2) is 36.9 Å². The molecule has 5 heteroatoms. The molecular weight excluding hydrogens is 278 g/mol. The fourth-order valence-corrected chi connectivity index (χ4v) is 2.66. The number of fused-ring (bicyclic) bond motifs is 1. The number of hydrogen-bond acceptors (Lipinski definition) is 4. The lowest BCUT2D eigenvalue weighted by atomic mass is 10.0. The number of nitrogens with zero attached hydrogens (tertiary/aromatic N) is 2. The molecular formula is C17H19N3O2. The fourth-order valence-electron chi connectivity index (χ4n) is 2.66. The first kappa shape index (κ1) is 14.5. The SMILES string of the molecule is CCCC(=O)NC[C@H]1Cc2cccc(-c3cncnc3)c2O1. The second-order valence-electron chi connectivity index (χ2n) is 5.42. The summed E-state index contributed by atoms with van der Waals surface area (Å²) in [6.45, 7) is 2.54. The van der Waals surface area contributed by atoms with Crippen molar-refractivity contribution >= 4 is 5.91 Å². The molecule has 0 aliphatic carbocycles. The molecule has 1 atom stereocenters. The van der Waals surface area contributed by atoms with Crippen molar-refractivity contribution in [3.05, 3.63) is 42.5 Å². The van der Waals surface area contributed by atoms with Gasteiger partial charge in [-0.05, 0) is 12.0 Å². The number of para-hydroxylation sites is 1. The monoisotopic (exact) mass is 297 g/mol. The van der Waals surface area contributed by atoms with Crippen molar-refractivity contribution in [2.45, 2.75) is 32.3 Å². The van der Waals surface area contributed by atoms with Crippen LogP contribution in [0.1, 0.15) is 25.3 Å². The minimum Gasteiger partial charge on any atom is -0.487 e. The van der Waals surface area contributed by atoms with E-state index in [1.807, 2.05) is 19.1 Å². The Balaban J connectivity index is 1.72. The van der Waals surface area contributed by atoms with Crippen molar-refractivity contribution in [1.29, 1.82) is 0 Å². The Morgan fingerprint density at radius 3 is 2.95 bits per heavy atom. The van der Waals surface area contributed by atoms with Crippen LogP contribution in [0.5, 0.6) is 5.75 Å². The summed E-state index contributed by atoms with van der Waals surface area (Å²) in [5.74, 6) is 0.964. The van der Waals surface area contributed by atoms with Crippen LogP contribution < -0.4 is 10.1 Å². The summed E-state index contributed by atoms with van der Waals surface area (Å²) in [7, 11) is 0. The number of rotatable bonds is 5. The van der Waals surface area contributed by atoms with E-state index in [1.54, 1.807) is 12.4 Å². The molecule has 2 heterocycles. The first-order valence-corrected chi connectivity index (χ1v) is 7.58. The third kappa shape index (κ3) is 3.08. The van der Waals surface area contributed by atoms with E-state index in [4.69, 9.17) is 4.74 Å². The van der Waals surface area contributed by atoms with Gasteiger partial charge in [0.2, 0.25) is 5.91 Å². The topological polar surface area (TPSA) is 64.1 Å². The van der Waals surface area contributed by atoms with E-state index in [0.717, 1.165) is 35.3 Å². The first-order valence-electron chi connectivity index (χ1n) is 7.58. The summed E-state index contributed by atoms with van der Waals surface area (Å²) in [5, 5.41) is 2.93. The third-order valence-corrected chi connectivity index (χ3v) is 3.70. The summed E-state index contributed by atoms with van der Waals surface area (Å²) in [5.41, 5.74) is 3.10. The van der Waals surface area contributed by atoms with E-state index in [9.17, 15) is 4.79 Å². The van der Waals surface area contributed by atoms with E-state index in [2.05, 4.69) is 21.4 Å². The van der Waals surface area contributed by atoms with Gasteiger partial charge >= 0.3 is 0 Å². The standard InChI is InChI=1S/C17H19N3O2/c1-2-4-16(21)20-10-14-7-12-5-3-6-15(17(12)22-14)13-8-18-11-19-9-13/h3,5-6,8-9,11,14H,2,4,7,10H2,1H3,(H,20,21)/t14-/m1/s1. The fraction of sp³-hybridized carbons (Fsp3) is 0.353. The molecule has 1 aliphatic heterocycles. The number of carbonyl (C=O) groups is 1. The lowest BCUT2D eigenvalue weighted by Gasteiger charge is -2.13. The molecule has 114 valence electrons. The summed E-state index contributed by atoms with van der Waals surface area (Å²) in [6.07, 6.45) is 7.29. The van der Waals surface area contributed by atoms with Crippen LogP contribution in [0.4, 0.5) is 0 Å². The number of carbonyl (C=O) groups excluding carboxylic acids is 1. The summed E-state index contributed by atoms with van der Waals surface area (Å²) in [4.78, 5) is 19.7. The second kappa shape index (κ2) is 6.56. The zero-order chi connectivity index (χ0) is 15.4. The Labute approximate surface area is 129 Å². The number of amides is 1. The molecule has 3 rings (SSSR count). The predicted octanol–water partition coefficient (Wildman–Crippen LogP) is 2.36. The highest BCUT2D eigenvalue weighted by Gasteiger charge is 2.26. The van der Waals surface area contributed by atoms with Crippen LogP contribution in [0.25, 0.3) is 11.1 Å². The number of ether oxygens (including phenoxy) is 1. The van der Waals surface area contributed by atoms with E-state index in [0.29, 0.717) is 13.0 Å².